The maximum absolute atomic E-state index is 13.2. The number of halogens is 2. The number of rotatable bonds is 10. The number of carboxylic acids is 1. The van der Waals surface area contributed by atoms with Crippen molar-refractivity contribution in [3.8, 4) is 28.0 Å². The summed E-state index contributed by atoms with van der Waals surface area (Å²) in [5.41, 5.74) is 3.02. The Hall–Kier alpha value is -3.02. The molecule has 1 amide bonds. The molecule has 0 bridgehead atoms. The highest BCUT2D eigenvalue weighted by molar-refractivity contribution is 6.31. The van der Waals surface area contributed by atoms with Crippen LogP contribution in [-0.2, 0) is 4.79 Å². The van der Waals surface area contributed by atoms with Gasteiger partial charge < -0.3 is 15.2 Å². The van der Waals surface area contributed by atoms with Gasteiger partial charge in [-0.25, -0.2) is 4.79 Å². The van der Waals surface area contributed by atoms with Crippen molar-refractivity contribution in [1.29, 1.82) is 0 Å². The maximum Gasteiger partial charge on any atom is 0.341 e. The van der Waals surface area contributed by atoms with Crippen molar-refractivity contribution in [3.05, 3.63) is 76.3 Å². The third-order valence-electron chi connectivity index (χ3n) is 6.51. The maximum atomic E-state index is 13.2. The molecule has 1 aliphatic carbocycles. The second-order valence-electron chi connectivity index (χ2n) is 9.15. The van der Waals surface area contributed by atoms with Crippen molar-refractivity contribution < 1.29 is 19.4 Å². The van der Waals surface area contributed by atoms with Crippen molar-refractivity contribution in [2.45, 2.75) is 38.5 Å². The number of nitrogens with one attached hydrogen (secondary N) is 1. The Morgan fingerprint density at radius 1 is 0.917 bits per heavy atom. The fourth-order valence-electron chi connectivity index (χ4n) is 4.78. The molecule has 5 nitrogen and oxygen atoms in total. The average molecular weight is 526 g/mol. The molecule has 2 N–H and O–H groups in total. The Morgan fingerprint density at radius 3 is 2.03 bits per heavy atom. The van der Waals surface area contributed by atoms with E-state index in [0.29, 0.717) is 50.2 Å². The molecular weight excluding hydrogens is 497 g/mol. The predicted octanol–water partition coefficient (Wildman–Crippen LogP) is 7.49. The molecule has 0 heterocycles. The summed E-state index contributed by atoms with van der Waals surface area (Å²) in [6.45, 7) is 0.0689. The number of aliphatic carboxylic acids is 1. The molecule has 1 saturated carbocycles. The molecule has 3 aromatic rings. The summed E-state index contributed by atoms with van der Waals surface area (Å²) >= 11 is 12.5. The summed E-state index contributed by atoms with van der Waals surface area (Å²) in [5, 5.41) is 13.4. The van der Waals surface area contributed by atoms with E-state index in [1.807, 2.05) is 12.1 Å². The number of benzene rings is 3. The van der Waals surface area contributed by atoms with Crippen LogP contribution in [0.2, 0.25) is 10.0 Å². The van der Waals surface area contributed by atoms with Gasteiger partial charge in [0.15, 0.2) is 6.61 Å². The molecule has 0 spiro atoms. The smallest absolute Gasteiger partial charge is 0.341 e. The van der Waals surface area contributed by atoms with Crippen LogP contribution in [0.4, 0.5) is 0 Å². The van der Waals surface area contributed by atoms with Gasteiger partial charge in [0.25, 0.3) is 5.91 Å². The standard InChI is InChI=1S/C29H29Cl2NO4/c30-23-11-3-9-20(14-23)25-16-22(29(35)32-13-5-8-19-6-1-2-7-19)17-26(28(25)36-18-27(33)34)21-10-4-12-24(31)15-21/h3-4,9-12,14-17,19H,1-2,5-8,13,18H2,(H,32,35)(H,33,34). The summed E-state index contributed by atoms with van der Waals surface area (Å²) in [7, 11) is 0. The molecule has 0 atom stereocenters. The van der Waals surface area contributed by atoms with Gasteiger partial charge in [0.2, 0.25) is 0 Å². The Labute approximate surface area is 221 Å². The second kappa shape index (κ2) is 12.3. The lowest BCUT2D eigenvalue weighted by Crippen LogP contribution is -2.25. The number of hydrogen-bond acceptors (Lipinski definition) is 3. The van der Waals surface area contributed by atoms with Crippen molar-refractivity contribution in [2.24, 2.45) is 5.92 Å². The van der Waals surface area contributed by atoms with E-state index in [1.54, 1.807) is 48.5 Å². The van der Waals surface area contributed by atoms with E-state index < -0.39 is 12.6 Å². The SMILES string of the molecule is O=C(O)COc1c(-c2cccc(Cl)c2)cc(C(=O)NCCCC2CCCC2)cc1-c1cccc(Cl)c1. The Bertz CT molecular complexity index is 1170. The highest BCUT2D eigenvalue weighted by atomic mass is 35.5. The summed E-state index contributed by atoms with van der Waals surface area (Å²) < 4.78 is 5.79. The van der Waals surface area contributed by atoms with Crippen LogP contribution < -0.4 is 10.1 Å². The van der Waals surface area contributed by atoms with Gasteiger partial charge in [-0.05, 0) is 66.3 Å². The molecule has 7 heteroatoms. The van der Waals surface area contributed by atoms with Crippen molar-refractivity contribution >= 4 is 35.1 Å². The number of carbonyl (C=O) groups excluding carboxylic acids is 1. The van der Waals surface area contributed by atoms with Crippen LogP contribution >= 0.6 is 23.2 Å². The van der Waals surface area contributed by atoms with E-state index in [4.69, 9.17) is 27.9 Å². The molecule has 0 unspecified atom stereocenters. The molecule has 0 saturated heterocycles. The van der Waals surface area contributed by atoms with Gasteiger partial charge in [-0.3, -0.25) is 4.79 Å². The zero-order valence-electron chi connectivity index (χ0n) is 19.9. The van der Waals surface area contributed by atoms with E-state index in [-0.39, 0.29) is 5.91 Å². The van der Waals surface area contributed by atoms with Crippen molar-refractivity contribution in [3.63, 3.8) is 0 Å². The first-order chi connectivity index (χ1) is 17.4. The molecule has 0 aromatic heterocycles. The molecule has 188 valence electrons. The van der Waals surface area contributed by atoms with Gasteiger partial charge in [0, 0.05) is 33.3 Å². The minimum absolute atomic E-state index is 0.197. The molecule has 1 fully saturated rings. The average Bonchev–Trinajstić information content (AvgIpc) is 3.38. The van der Waals surface area contributed by atoms with Crippen LogP contribution in [0.1, 0.15) is 48.9 Å². The summed E-state index contributed by atoms with van der Waals surface area (Å²) in [5.74, 6) is -0.179. The molecule has 3 aromatic carbocycles. The van der Waals surface area contributed by atoms with Gasteiger partial charge >= 0.3 is 5.97 Å². The van der Waals surface area contributed by atoms with E-state index >= 15 is 0 Å². The normalized spacial score (nSPS) is 13.5. The zero-order valence-corrected chi connectivity index (χ0v) is 21.4. The molecule has 4 rings (SSSR count). The van der Waals surface area contributed by atoms with Crippen LogP contribution in [0.3, 0.4) is 0 Å². The predicted molar refractivity (Wildman–Crippen MR) is 144 cm³/mol. The summed E-state index contributed by atoms with van der Waals surface area (Å²) in [6, 6.07) is 17.8. The van der Waals surface area contributed by atoms with Gasteiger partial charge in [-0.15, -0.1) is 0 Å². The molecule has 0 radical (unpaired) electrons. The minimum atomic E-state index is -1.10. The van der Waals surface area contributed by atoms with Crippen molar-refractivity contribution in [1.82, 2.24) is 5.32 Å². The van der Waals surface area contributed by atoms with E-state index in [2.05, 4.69) is 5.32 Å². The van der Waals surface area contributed by atoms with E-state index in [1.165, 1.54) is 25.7 Å². The molecule has 1 aliphatic rings. The number of amides is 1. The molecule has 36 heavy (non-hydrogen) atoms. The van der Waals surface area contributed by atoms with E-state index in [0.717, 1.165) is 18.8 Å². The first-order valence-corrected chi connectivity index (χ1v) is 13.0. The fourth-order valence-corrected chi connectivity index (χ4v) is 5.16. The van der Waals surface area contributed by atoms with E-state index in [9.17, 15) is 14.7 Å². The van der Waals surface area contributed by atoms with Crippen LogP contribution in [-0.4, -0.2) is 30.1 Å². The van der Waals surface area contributed by atoms with Crippen LogP contribution in [0.25, 0.3) is 22.3 Å². The highest BCUT2D eigenvalue weighted by Crippen LogP contribution is 2.41. The Morgan fingerprint density at radius 2 is 1.50 bits per heavy atom. The molecule has 0 aliphatic heterocycles. The van der Waals surface area contributed by atoms with Crippen molar-refractivity contribution in [2.75, 3.05) is 13.2 Å². The number of carboxylic acid groups (broad SMARTS) is 1. The van der Waals surface area contributed by atoms with Crippen LogP contribution in [0.15, 0.2) is 60.7 Å². The largest absolute Gasteiger partial charge is 0.481 e. The Kier molecular flexibility index (Phi) is 8.89. The first-order valence-electron chi connectivity index (χ1n) is 12.2. The first kappa shape index (κ1) is 26.1. The number of ether oxygens (including phenoxy) is 1. The summed E-state index contributed by atoms with van der Waals surface area (Å²) in [4.78, 5) is 24.6. The minimum Gasteiger partial charge on any atom is -0.481 e. The Balaban J connectivity index is 1.71. The highest BCUT2D eigenvalue weighted by Gasteiger charge is 2.20. The second-order valence-corrected chi connectivity index (χ2v) is 10.0. The molecular formula is C29H29Cl2NO4. The van der Waals surface area contributed by atoms with Gasteiger partial charge in [-0.1, -0.05) is 73.2 Å². The van der Waals surface area contributed by atoms with Gasteiger partial charge in [0.05, 0.1) is 0 Å². The van der Waals surface area contributed by atoms with Gasteiger partial charge in [0.1, 0.15) is 5.75 Å². The topological polar surface area (TPSA) is 75.6 Å². The lowest BCUT2D eigenvalue weighted by atomic mass is 9.94. The third-order valence-corrected chi connectivity index (χ3v) is 6.98. The monoisotopic (exact) mass is 525 g/mol. The van der Waals surface area contributed by atoms with Gasteiger partial charge in [-0.2, -0.15) is 0 Å². The van der Waals surface area contributed by atoms with Crippen LogP contribution in [0, 0.1) is 5.92 Å². The lowest BCUT2D eigenvalue weighted by molar-refractivity contribution is -0.139. The quantitative estimate of drug-likeness (QED) is 0.269. The number of carbonyl (C=O) groups is 2. The third kappa shape index (κ3) is 6.80. The van der Waals surface area contributed by atoms with Crippen LogP contribution in [0.5, 0.6) is 5.75 Å². The lowest BCUT2D eigenvalue weighted by Gasteiger charge is -2.18. The fraction of sp³-hybridized carbons (Fsp3) is 0.310. The number of hydrogen-bond donors (Lipinski definition) is 2. The zero-order chi connectivity index (χ0) is 25.5. The summed E-state index contributed by atoms with van der Waals surface area (Å²) in [6.07, 6.45) is 7.27.